The van der Waals surface area contributed by atoms with E-state index in [1.54, 1.807) is 0 Å². The Morgan fingerprint density at radius 1 is 0.944 bits per heavy atom. The summed E-state index contributed by atoms with van der Waals surface area (Å²) in [5, 5.41) is 0. The molecule has 0 radical (unpaired) electrons. The van der Waals surface area contributed by atoms with Gasteiger partial charge in [0, 0.05) is 15.6 Å². The quantitative estimate of drug-likeness (QED) is 0.763. The highest BCUT2D eigenvalue weighted by atomic mass is 79.9. The molecule has 1 nitrogen and oxygen atoms in total. The van der Waals surface area contributed by atoms with Crippen molar-refractivity contribution in [1.29, 1.82) is 0 Å². The molecule has 2 aromatic carbocycles. The Balaban J connectivity index is 2.47. The van der Waals surface area contributed by atoms with Crippen molar-refractivity contribution < 1.29 is 18.0 Å². The van der Waals surface area contributed by atoms with Gasteiger partial charge in [0.05, 0.1) is 0 Å². The van der Waals surface area contributed by atoms with Crippen molar-refractivity contribution in [3.63, 3.8) is 0 Å². The summed E-state index contributed by atoms with van der Waals surface area (Å²) in [6, 6.07) is 6.39. The van der Waals surface area contributed by atoms with Gasteiger partial charge in [-0.2, -0.15) is 0 Å². The predicted octanol–water partition coefficient (Wildman–Crippen LogP) is 4.10. The highest BCUT2D eigenvalue weighted by Crippen LogP contribution is 2.22. The van der Waals surface area contributed by atoms with Crippen LogP contribution in [0.15, 0.2) is 40.9 Å². The molecule has 2 rings (SSSR count). The molecule has 0 aliphatic heterocycles. The zero-order valence-electron chi connectivity index (χ0n) is 8.88. The van der Waals surface area contributed by atoms with E-state index in [-0.39, 0.29) is 11.1 Å². The second-order valence-corrected chi connectivity index (χ2v) is 4.44. The minimum Gasteiger partial charge on any atom is -0.289 e. The number of halogens is 4. The number of carbonyl (C=O) groups excluding carboxylic acids is 1. The zero-order valence-corrected chi connectivity index (χ0v) is 10.5. The smallest absolute Gasteiger partial charge is 0.194 e. The Bertz CT molecular complexity index is 626. The van der Waals surface area contributed by atoms with Gasteiger partial charge in [0.25, 0.3) is 0 Å². The van der Waals surface area contributed by atoms with E-state index in [4.69, 9.17) is 0 Å². The summed E-state index contributed by atoms with van der Waals surface area (Å²) in [5.74, 6) is -3.32. The standard InChI is InChI=1S/C13H6BrF3O/c14-10-3-2-8(15)6-9(10)13(18)7-1-4-11(16)12(17)5-7/h1-6H. The van der Waals surface area contributed by atoms with Gasteiger partial charge < -0.3 is 0 Å². The Labute approximate surface area is 109 Å². The van der Waals surface area contributed by atoms with Crippen molar-refractivity contribution >= 4 is 21.7 Å². The molecule has 0 bridgehead atoms. The zero-order chi connectivity index (χ0) is 13.3. The molecule has 18 heavy (non-hydrogen) atoms. The van der Waals surface area contributed by atoms with E-state index in [1.165, 1.54) is 12.1 Å². The number of hydrogen-bond donors (Lipinski definition) is 0. The number of ketones is 1. The van der Waals surface area contributed by atoms with E-state index in [0.717, 1.165) is 24.3 Å². The molecule has 0 aromatic heterocycles. The molecule has 5 heteroatoms. The first kappa shape index (κ1) is 12.8. The monoisotopic (exact) mass is 314 g/mol. The molecule has 0 aliphatic carbocycles. The summed E-state index contributed by atoms with van der Waals surface area (Å²) in [4.78, 5) is 12.0. The fraction of sp³-hybridized carbons (Fsp3) is 0. The first-order valence-corrected chi connectivity index (χ1v) is 5.73. The van der Waals surface area contributed by atoms with Crippen LogP contribution in [0.25, 0.3) is 0 Å². The molecule has 0 atom stereocenters. The lowest BCUT2D eigenvalue weighted by Crippen LogP contribution is -2.04. The van der Waals surface area contributed by atoms with E-state index in [0.29, 0.717) is 4.47 Å². The van der Waals surface area contributed by atoms with Crippen molar-refractivity contribution in [1.82, 2.24) is 0 Å². The van der Waals surface area contributed by atoms with Gasteiger partial charge in [-0.3, -0.25) is 4.79 Å². The minimum atomic E-state index is -1.12. The topological polar surface area (TPSA) is 17.1 Å². The molecule has 0 heterocycles. The maximum absolute atomic E-state index is 13.1. The van der Waals surface area contributed by atoms with E-state index in [1.807, 2.05) is 0 Å². The average Bonchev–Trinajstić information content (AvgIpc) is 2.35. The molecular formula is C13H6BrF3O. The highest BCUT2D eigenvalue weighted by molar-refractivity contribution is 9.10. The maximum Gasteiger partial charge on any atom is 0.194 e. The summed E-state index contributed by atoms with van der Waals surface area (Å²) < 4.78 is 39.2. The first-order valence-electron chi connectivity index (χ1n) is 4.94. The van der Waals surface area contributed by atoms with Crippen molar-refractivity contribution in [2.24, 2.45) is 0 Å². The van der Waals surface area contributed by atoms with Gasteiger partial charge in [-0.25, -0.2) is 13.2 Å². The fourth-order valence-corrected chi connectivity index (χ4v) is 1.89. The fourth-order valence-electron chi connectivity index (χ4n) is 1.46. The Morgan fingerprint density at radius 2 is 1.67 bits per heavy atom. The Hall–Kier alpha value is -1.62. The SMILES string of the molecule is O=C(c1ccc(F)c(F)c1)c1cc(F)ccc1Br. The summed E-state index contributed by atoms with van der Waals surface area (Å²) in [5.41, 5.74) is 0.0150. The van der Waals surface area contributed by atoms with Gasteiger partial charge in [-0.15, -0.1) is 0 Å². The number of carbonyl (C=O) groups is 1. The molecule has 0 aliphatic rings. The van der Waals surface area contributed by atoms with Crippen LogP contribution >= 0.6 is 15.9 Å². The molecule has 0 spiro atoms. The minimum absolute atomic E-state index is 0.0415. The number of rotatable bonds is 2. The summed E-state index contributed by atoms with van der Waals surface area (Å²) in [6.07, 6.45) is 0. The van der Waals surface area contributed by atoms with Crippen LogP contribution < -0.4 is 0 Å². The lowest BCUT2D eigenvalue weighted by molar-refractivity contribution is 0.103. The molecule has 0 amide bonds. The van der Waals surface area contributed by atoms with Crippen LogP contribution in [0.2, 0.25) is 0 Å². The summed E-state index contributed by atoms with van der Waals surface area (Å²) >= 11 is 3.11. The van der Waals surface area contributed by atoms with Crippen LogP contribution in [-0.2, 0) is 0 Å². The lowest BCUT2D eigenvalue weighted by atomic mass is 10.0. The van der Waals surface area contributed by atoms with Gasteiger partial charge in [0.1, 0.15) is 5.82 Å². The normalized spacial score (nSPS) is 10.4. The maximum atomic E-state index is 13.1. The van der Waals surface area contributed by atoms with Crippen molar-refractivity contribution in [3.05, 3.63) is 69.4 Å². The molecule has 92 valence electrons. The largest absolute Gasteiger partial charge is 0.289 e. The average molecular weight is 315 g/mol. The lowest BCUT2D eigenvalue weighted by Gasteiger charge is -2.04. The Kier molecular flexibility index (Phi) is 3.52. The third-order valence-electron chi connectivity index (χ3n) is 2.35. The molecule has 2 aromatic rings. The second kappa shape index (κ2) is 4.94. The summed E-state index contributed by atoms with van der Waals surface area (Å²) in [7, 11) is 0. The van der Waals surface area contributed by atoms with Crippen LogP contribution in [0, 0.1) is 17.5 Å². The van der Waals surface area contributed by atoms with Gasteiger partial charge >= 0.3 is 0 Å². The Morgan fingerprint density at radius 3 is 2.33 bits per heavy atom. The molecule has 0 saturated carbocycles. The molecular weight excluding hydrogens is 309 g/mol. The van der Waals surface area contributed by atoms with Crippen molar-refractivity contribution in [2.45, 2.75) is 0 Å². The molecule has 0 N–H and O–H groups in total. The van der Waals surface area contributed by atoms with Crippen molar-refractivity contribution in [3.8, 4) is 0 Å². The van der Waals surface area contributed by atoms with Gasteiger partial charge in [-0.1, -0.05) is 15.9 Å². The highest BCUT2D eigenvalue weighted by Gasteiger charge is 2.15. The van der Waals surface area contributed by atoms with E-state index < -0.39 is 23.2 Å². The third-order valence-corrected chi connectivity index (χ3v) is 3.05. The van der Waals surface area contributed by atoms with Crippen LogP contribution in [0.5, 0.6) is 0 Å². The summed E-state index contributed by atoms with van der Waals surface area (Å²) in [6.45, 7) is 0. The predicted molar refractivity (Wildman–Crippen MR) is 63.9 cm³/mol. The van der Waals surface area contributed by atoms with Crippen LogP contribution in [0.4, 0.5) is 13.2 Å². The number of benzene rings is 2. The van der Waals surface area contributed by atoms with Crippen LogP contribution in [-0.4, -0.2) is 5.78 Å². The van der Waals surface area contributed by atoms with Crippen LogP contribution in [0.3, 0.4) is 0 Å². The van der Waals surface area contributed by atoms with E-state index >= 15 is 0 Å². The van der Waals surface area contributed by atoms with Gasteiger partial charge in [0.2, 0.25) is 0 Å². The van der Waals surface area contributed by atoms with Crippen molar-refractivity contribution in [2.75, 3.05) is 0 Å². The second-order valence-electron chi connectivity index (χ2n) is 3.58. The molecule has 0 unspecified atom stereocenters. The third kappa shape index (κ3) is 2.46. The van der Waals surface area contributed by atoms with E-state index in [2.05, 4.69) is 15.9 Å². The number of hydrogen-bond acceptors (Lipinski definition) is 1. The first-order chi connectivity index (χ1) is 8.49. The molecule has 0 fully saturated rings. The van der Waals surface area contributed by atoms with Gasteiger partial charge in [0.15, 0.2) is 17.4 Å². The van der Waals surface area contributed by atoms with E-state index in [9.17, 15) is 18.0 Å². The van der Waals surface area contributed by atoms with Crippen LogP contribution in [0.1, 0.15) is 15.9 Å². The molecule has 0 saturated heterocycles. The van der Waals surface area contributed by atoms with Gasteiger partial charge in [-0.05, 0) is 36.4 Å².